The monoisotopic (exact) mass is 300 g/mol. The first-order valence-corrected chi connectivity index (χ1v) is 7.10. The number of ether oxygens (including phenoxy) is 2. The number of hydrogen-bond acceptors (Lipinski definition) is 4. The summed E-state index contributed by atoms with van der Waals surface area (Å²) in [5.41, 5.74) is 6.98. The van der Waals surface area contributed by atoms with E-state index in [4.69, 9.17) is 15.2 Å². The Labute approximate surface area is 130 Å². The van der Waals surface area contributed by atoms with Crippen molar-refractivity contribution in [2.75, 3.05) is 24.8 Å². The normalized spacial score (nSPS) is 10.0. The molecule has 1 amide bonds. The zero-order chi connectivity index (χ0) is 15.8. The lowest BCUT2D eigenvalue weighted by Crippen LogP contribution is -2.13. The van der Waals surface area contributed by atoms with Crippen LogP contribution in [-0.2, 0) is 4.79 Å². The lowest BCUT2D eigenvalue weighted by molar-refractivity contribution is -0.116. The summed E-state index contributed by atoms with van der Waals surface area (Å²) in [6.07, 6.45) is 1.01. The van der Waals surface area contributed by atoms with E-state index in [1.54, 1.807) is 19.2 Å². The van der Waals surface area contributed by atoms with Crippen LogP contribution in [0, 0.1) is 0 Å². The molecule has 0 bridgehead atoms. The molecule has 0 unspecified atom stereocenters. The van der Waals surface area contributed by atoms with Crippen molar-refractivity contribution in [3.8, 4) is 11.5 Å². The highest BCUT2D eigenvalue weighted by molar-refractivity contribution is 5.93. The summed E-state index contributed by atoms with van der Waals surface area (Å²) in [6, 6.07) is 14.5. The Hall–Kier alpha value is -2.69. The number of anilines is 2. The van der Waals surface area contributed by atoms with Crippen molar-refractivity contribution in [3.05, 3.63) is 48.5 Å². The van der Waals surface area contributed by atoms with Crippen molar-refractivity contribution in [2.45, 2.75) is 12.8 Å². The number of para-hydroxylation sites is 2. The molecule has 5 heteroatoms. The molecule has 0 saturated heterocycles. The topological polar surface area (TPSA) is 73.6 Å². The summed E-state index contributed by atoms with van der Waals surface area (Å²) in [6.45, 7) is 0.476. The predicted molar refractivity (Wildman–Crippen MR) is 87.2 cm³/mol. The molecule has 2 rings (SSSR count). The number of benzene rings is 2. The maximum Gasteiger partial charge on any atom is 0.224 e. The molecule has 116 valence electrons. The number of amides is 1. The van der Waals surface area contributed by atoms with Crippen LogP contribution in [0.5, 0.6) is 11.5 Å². The fourth-order valence-corrected chi connectivity index (χ4v) is 1.92. The first kappa shape index (κ1) is 15.7. The zero-order valence-electron chi connectivity index (χ0n) is 12.5. The minimum atomic E-state index is -0.0729. The highest BCUT2D eigenvalue weighted by atomic mass is 16.5. The number of nitrogens with one attached hydrogen (secondary N) is 1. The van der Waals surface area contributed by atoms with Crippen molar-refractivity contribution in [1.29, 1.82) is 0 Å². The fourth-order valence-electron chi connectivity index (χ4n) is 1.92. The van der Waals surface area contributed by atoms with Crippen LogP contribution in [0.1, 0.15) is 12.8 Å². The third kappa shape index (κ3) is 4.70. The van der Waals surface area contributed by atoms with Gasteiger partial charge in [-0.25, -0.2) is 0 Å². The average molecular weight is 300 g/mol. The molecule has 0 spiro atoms. The van der Waals surface area contributed by atoms with E-state index in [-0.39, 0.29) is 5.91 Å². The molecule has 0 aliphatic rings. The Morgan fingerprint density at radius 2 is 1.77 bits per heavy atom. The molecule has 0 fully saturated rings. The Kier molecular flexibility index (Phi) is 5.65. The molecular weight excluding hydrogens is 280 g/mol. The summed E-state index contributed by atoms with van der Waals surface area (Å²) in [4.78, 5) is 11.8. The van der Waals surface area contributed by atoms with Crippen LogP contribution in [0.4, 0.5) is 11.4 Å². The number of methoxy groups -OCH3 is 1. The smallest absolute Gasteiger partial charge is 0.224 e. The molecule has 0 saturated carbocycles. The molecule has 22 heavy (non-hydrogen) atoms. The van der Waals surface area contributed by atoms with Gasteiger partial charge in [0.25, 0.3) is 0 Å². The fraction of sp³-hybridized carbons (Fsp3) is 0.235. The summed E-state index contributed by atoms with van der Waals surface area (Å²) in [5.74, 6) is 1.47. The van der Waals surface area contributed by atoms with Crippen LogP contribution < -0.4 is 20.5 Å². The molecule has 2 aromatic carbocycles. The summed E-state index contributed by atoms with van der Waals surface area (Å²) in [5, 5.41) is 2.79. The highest BCUT2D eigenvalue weighted by Crippen LogP contribution is 2.18. The second-order valence-corrected chi connectivity index (χ2v) is 4.76. The molecule has 2 aromatic rings. The number of carbonyl (C=O) groups excluding carboxylic acids is 1. The molecular formula is C17H20N2O3. The molecule has 0 aliphatic heterocycles. The van der Waals surface area contributed by atoms with E-state index < -0.39 is 0 Å². The first-order valence-electron chi connectivity index (χ1n) is 7.10. The number of nitrogens with two attached hydrogens (primary N) is 1. The minimum absolute atomic E-state index is 0.0729. The minimum Gasteiger partial charge on any atom is -0.497 e. The van der Waals surface area contributed by atoms with E-state index in [0.717, 1.165) is 11.5 Å². The lowest BCUT2D eigenvalue weighted by Gasteiger charge is -2.09. The predicted octanol–water partition coefficient (Wildman–Crippen LogP) is 3.08. The van der Waals surface area contributed by atoms with Gasteiger partial charge in [0.15, 0.2) is 0 Å². The average Bonchev–Trinajstić information content (AvgIpc) is 2.54. The van der Waals surface area contributed by atoms with E-state index in [1.807, 2.05) is 36.4 Å². The Morgan fingerprint density at radius 1 is 1.09 bits per heavy atom. The van der Waals surface area contributed by atoms with Crippen LogP contribution in [0.3, 0.4) is 0 Å². The number of carbonyl (C=O) groups is 1. The van der Waals surface area contributed by atoms with Gasteiger partial charge in [0, 0.05) is 6.42 Å². The van der Waals surface area contributed by atoms with E-state index in [2.05, 4.69) is 5.32 Å². The largest absolute Gasteiger partial charge is 0.497 e. The summed E-state index contributed by atoms with van der Waals surface area (Å²) >= 11 is 0. The van der Waals surface area contributed by atoms with Crippen LogP contribution >= 0.6 is 0 Å². The molecule has 3 N–H and O–H groups in total. The van der Waals surface area contributed by atoms with Crippen molar-refractivity contribution in [1.82, 2.24) is 0 Å². The Balaban J connectivity index is 1.69. The third-order valence-corrected chi connectivity index (χ3v) is 3.11. The number of rotatable bonds is 7. The van der Waals surface area contributed by atoms with Gasteiger partial charge in [-0.05, 0) is 42.8 Å². The van der Waals surface area contributed by atoms with Gasteiger partial charge in [0.2, 0.25) is 5.91 Å². The standard InChI is InChI=1S/C17H20N2O3/c1-21-13-8-10-14(11-9-13)22-12-4-7-17(20)19-16-6-3-2-5-15(16)18/h2-3,5-6,8-11H,4,7,12,18H2,1H3,(H,19,20). The van der Waals surface area contributed by atoms with E-state index in [0.29, 0.717) is 30.8 Å². The molecule has 5 nitrogen and oxygen atoms in total. The molecule has 0 aromatic heterocycles. The zero-order valence-corrected chi connectivity index (χ0v) is 12.5. The van der Waals surface area contributed by atoms with Crippen LogP contribution in [0.2, 0.25) is 0 Å². The first-order chi connectivity index (χ1) is 10.7. The lowest BCUT2D eigenvalue weighted by atomic mass is 10.2. The molecule has 0 radical (unpaired) electrons. The van der Waals surface area contributed by atoms with Crippen molar-refractivity contribution in [2.24, 2.45) is 0 Å². The van der Waals surface area contributed by atoms with E-state index in [1.165, 1.54) is 0 Å². The third-order valence-electron chi connectivity index (χ3n) is 3.11. The van der Waals surface area contributed by atoms with Gasteiger partial charge in [0.05, 0.1) is 25.1 Å². The summed E-state index contributed by atoms with van der Waals surface area (Å²) < 4.78 is 10.6. The van der Waals surface area contributed by atoms with Gasteiger partial charge < -0.3 is 20.5 Å². The molecule has 0 heterocycles. The SMILES string of the molecule is COc1ccc(OCCCC(=O)Nc2ccccc2N)cc1. The van der Waals surface area contributed by atoms with Crippen LogP contribution in [-0.4, -0.2) is 19.6 Å². The second kappa shape index (κ2) is 7.93. The van der Waals surface area contributed by atoms with Gasteiger partial charge in [-0.15, -0.1) is 0 Å². The van der Waals surface area contributed by atoms with Crippen molar-refractivity contribution in [3.63, 3.8) is 0 Å². The van der Waals surface area contributed by atoms with Crippen LogP contribution in [0.15, 0.2) is 48.5 Å². The van der Waals surface area contributed by atoms with Crippen molar-refractivity contribution < 1.29 is 14.3 Å². The highest BCUT2D eigenvalue weighted by Gasteiger charge is 2.04. The van der Waals surface area contributed by atoms with Gasteiger partial charge >= 0.3 is 0 Å². The summed E-state index contributed by atoms with van der Waals surface area (Å²) in [7, 11) is 1.62. The maximum atomic E-state index is 11.8. The maximum absolute atomic E-state index is 11.8. The van der Waals surface area contributed by atoms with E-state index in [9.17, 15) is 4.79 Å². The number of nitrogen functional groups attached to an aromatic ring is 1. The number of hydrogen-bond donors (Lipinski definition) is 2. The Morgan fingerprint density at radius 3 is 2.45 bits per heavy atom. The van der Waals surface area contributed by atoms with Gasteiger partial charge in [-0.3, -0.25) is 4.79 Å². The second-order valence-electron chi connectivity index (χ2n) is 4.76. The van der Waals surface area contributed by atoms with Gasteiger partial charge in [-0.1, -0.05) is 12.1 Å². The molecule has 0 atom stereocenters. The van der Waals surface area contributed by atoms with Crippen molar-refractivity contribution >= 4 is 17.3 Å². The van der Waals surface area contributed by atoms with Crippen LogP contribution in [0.25, 0.3) is 0 Å². The van der Waals surface area contributed by atoms with Gasteiger partial charge in [0.1, 0.15) is 11.5 Å². The Bertz CT molecular complexity index is 612. The van der Waals surface area contributed by atoms with Gasteiger partial charge in [-0.2, -0.15) is 0 Å². The quantitative estimate of drug-likeness (QED) is 0.609. The van der Waals surface area contributed by atoms with E-state index >= 15 is 0 Å². The molecule has 0 aliphatic carbocycles.